The number of rotatable bonds is 9. The average molecular weight is 238 g/mol. The third-order valence-electron chi connectivity index (χ3n) is 1.89. The number of halogens is 1. The molecule has 0 aromatic rings. The van der Waals surface area contributed by atoms with Crippen molar-refractivity contribution in [3.8, 4) is 0 Å². The normalized spacial score (nSPS) is 10.3. The molecule has 0 saturated carbocycles. The van der Waals surface area contributed by atoms with E-state index in [-0.39, 0.29) is 11.8 Å². The van der Waals surface area contributed by atoms with Crippen molar-refractivity contribution in [2.45, 2.75) is 13.8 Å². The van der Waals surface area contributed by atoms with Gasteiger partial charge >= 0.3 is 0 Å². The average Bonchev–Trinajstić information content (AvgIpc) is 2.26. The summed E-state index contributed by atoms with van der Waals surface area (Å²) in [6, 6.07) is 0. The molecular formula is C10H20ClNO3. The molecule has 0 bridgehead atoms. The lowest BCUT2D eigenvalue weighted by Gasteiger charge is -2.21. The van der Waals surface area contributed by atoms with Gasteiger partial charge in [-0.2, -0.15) is 0 Å². The van der Waals surface area contributed by atoms with Gasteiger partial charge in [0, 0.05) is 26.3 Å². The van der Waals surface area contributed by atoms with Gasteiger partial charge in [0.1, 0.15) is 5.88 Å². The fourth-order valence-corrected chi connectivity index (χ4v) is 1.25. The van der Waals surface area contributed by atoms with Crippen molar-refractivity contribution in [1.29, 1.82) is 0 Å². The Labute approximate surface area is 96.5 Å². The molecule has 0 fully saturated rings. The van der Waals surface area contributed by atoms with Crippen LogP contribution in [0.2, 0.25) is 0 Å². The molecule has 0 rings (SSSR count). The van der Waals surface area contributed by atoms with Crippen LogP contribution in [0.25, 0.3) is 0 Å². The minimum atomic E-state index is -0.0731. The molecule has 0 aliphatic heterocycles. The Morgan fingerprint density at radius 1 is 1.13 bits per heavy atom. The van der Waals surface area contributed by atoms with Crippen LogP contribution in [0.4, 0.5) is 0 Å². The number of hydrogen-bond acceptors (Lipinski definition) is 3. The lowest BCUT2D eigenvalue weighted by molar-refractivity contribution is -0.130. The summed E-state index contributed by atoms with van der Waals surface area (Å²) in [5, 5.41) is 0. The quantitative estimate of drug-likeness (QED) is 0.446. The second kappa shape index (κ2) is 10.2. The lowest BCUT2D eigenvalue weighted by Crippen LogP contribution is -2.37. The fourth-order valence-electron chi connectivity index (χ4n) is 1.08. The summed E-state index contributed by atoms with van der Waals surface area (Å²) in [5.41, 5.74) is 0. The van der Waals surface area contributed by atoms with E-state index in [0.717, 1.165) is 0 Å². The molecule has 0 N–H and O–H groups in total. The zero-order valence-electron chi connectivity index (χ0n) is 9.50. The van der Waals surface area contributed by atoms with Crippen LogP contribution in [-0.4, -0.2) is 56.2 Å². The van der Waals surface area contributed by atoms with E-state index >= 15 is 0 Å². The SMILES string of the molecule is CCOCCN(CCOCC)C(=O)CCl. The van der Waals surface area contributed by atoms with Gasteiger partial charge in [-0.15, -0.1) is 11.6 Å². The van der Waals surface area contributed by atoms with Crippen LogP contribution in [0, 0.1) is 0 Å². The number of nitrogens with zero attached hydrogens (tertiary/aromatic N) is 1. The monoisotopic (exact) mass is 237 g/mol. The van der Waals surface area contributed by atoms with Gasteiger partial charge in [0.2, 0.25) is 5.91 Å². The first-order chi connectivity index (χ1) is 7.26. The van der Waals surface area contributed by atoms with Gasteiger partial charge in [0.05, 0.1) is 13.2 Å². The Morgan fingerprint density at radius 2 is 1.60 bits per heavy atom. The molecule has 0 spiro atoms. The summed E-state index contributed by atoms with van der Waals surface area (Å²) in [4.78, 5) is 13.0. The van der Waals surface area contributed by atoms with Crippen molar-refractivity contribution in [1.82, 2.24) is 4.90 Å². The van der Waals surface area contributed by atoms with Crippen LogP contribution >= 0.6 is 11.6 Å². The van der Waals surface area contributed by atoms with Crippen LogP contribution in [0.15, 0.2) is 0 Å². The standard InChI is InChI=1S/C10H20ClNO3/c1-3-14-7-5-12(10(13)9-11)6-8-15-4-2/h3-9H2,1-2H3. The maximum Gasteiger partial charge on any atom is 0.237 e. The highest BCUT2D eigenvalue weighted by molar-refractivity contribution is 6.27. The second-order valence-electron chi connectivity index (χ2n) is 2.91. The summed E-state index contributed by atoms with van der Waals surface area (Å²) in [7, 11) is 0. The van der Waals surface area contributed by atoms with Crippen molar-refractivity contribution in [2.75, 3.05) is 45.4 Å². The molecule has 0 aromatic heterocycles. The largest absolute Gasteiger partial charge is 0.380 e. The van der Waals surface area contributed by atoms with Gasteiger partial charge in [0.15, 0.2) is 0 Å². The number of ether oxygens (including phenoxy) is 2. The number of amides is 1. The third-order valence-corrected chi connectivity index (χ3v) is 2.11. The number of hydrogen-bond donors (Lipinski definition) is 0. The molecule has 0 radical (unpaired) electrons. The molecule has 5 heteroatoms. The van der Waals surface area contributed by atoms with Gasteiger partial charge in [-0.3, -0.25) is 4.79 Å². The Kier molecular flexibility index (Phi) is 9.99. The van der Waals surface area contributed by atoms with E-state index in [0.29, 0.717) is 39.5 Å². The lowest BCUT2D eigenvalue weighted by atomic mass is 10.4. The van der Waals surface area contributed by atoms with E-state index in [1.54, 1.807) is 4.90 Å². The van der Waals surface area contributed by atoms with E-state index in [1.807, 2.05) is 13.8 Å². The molecule has 0 aliphatic carbocycles. The number of carbonyl (C=O) groups is 1. The van der Waals surface area contributed by atoms with Crippen molar-refractivity contribution >= 4 is 17.5 Å². The van der Waals surface area contributed by atoms with E-state index < -0.39 is 0 Å². The van der Waals surface area contributed by atoms with E-state index in [4.69, 9.17) is 21.1 Å². The van der Waals surface area contributed by atoms with Crippen LogP contribution in [0.1, 0.15) is 13.8 Å². The van der Waals surface area contributed by atoms with Gasteiger partial charge in [-0.1, -0.05) is 0 Å². The summed E-state index contributed by atoms with van der Waals surface area (Å²) in [5.74, 6) is -0.0609. The molecule has 0 saturated heterocycles. The van der Waals surface area contributed by atoms with Crippen LogP contribution in [0.3, 0.4) is 0 Å². The van der Waals surface area contributed by atoms with Crippen LogP contribution in [0.5, 0.6) is 0 Å². The van der Waals surface area contributed by atoms with Crippen molar-refractivity contribution < 1.29 is 14.3 Å². The van der Waals surface area contributed by atoms with E-state index in [2.05, 4.69) is 0 Å². The molecule has 4 nitrogen and oxygen atoms in total. The van der Waals surface area contributed by atoms with Crippen LogP contribution < -0.4 is 0 Å². The van der Waals surface area contributed by atoms with Crippen LogP contribution in [-0.2, 0) is 14.3 Å². The van der Waals surface area contributed by atoms with Crippen molar-refractivity contribution in [3.63, 3.8) is 0 Å². The summed E-state index contributed by atoms with van der Waals surface area (Å²) < 4.78 is 10.4. The highest BCUT2D eigenvalue weighted by Gasteiger charge is 2.11. The van der Waals surface area contributed by atoms with Gasteiger partial charge < -0.3 is 14.4 Å². The Hall–Kier alpha value is -0.320. The van der Waals surface area contributed by atoms with Crippen molar-refractivity contribution in [3.05, 3.63) is 0 Å². The fraction of sp³-hybridized carbons (Fsp3) is 0.900. The zero-order valence-corrected chi connectivity index (χ0v) is 10.3. The zero-order chi connectivity index (χ0) is 11.5. The summed E-state index contributed by atoms with van der Waals surface area (Å²) >= 11 is 5.50. The molecule has 15 heavy (non-hydrogen) atoms. The molecule has 1 amide bonds. The number of alkyl halides is 1. The predicted octanol–water partition coefficient (Wildman–Crippen LogP) is 1.13. The molecular weight excluding hydrogens is 218 g/mol. The Bertz CT molecular complexity index is 157. The third kappa shape index (κ3) is 7.59. The molecule has 0 aliphatic rings. The molecule has 0 aromatic carbocycles. The predicted molar refractivity (Wildman–Crippen MR) is 60.3 cm³/mol. The first-order valence-electron chi connectivity index (χ1n) is 5.25. The highest BCUT2D eigenvalue weighted by Crippen LogP contribution is 1.93. The molecule has 0 atom stereocenters. The molecule has 90 valence electrons. The molecule has 0 heterocycles. The van der Waals surface area contributed by atoms with Gasteiger partial charge in [-0.25, -0.2) is 0 Å². The van der Waals surface area contributed by atoms with Gasteiger partial charge in [-0.05, 0) is 13.8 Å². The summed E-state index contributed by atoms with van der Waals surface area (Å²) in [6.45, 7) is 7.42. The van der Waals surface area contributed by atoms with E-state index in [9.17, 15) is 4.79 Å². The maximum atomic E-state index is 11.4. The first-order valence-corrected chi connectivity index (χ1v) is 5.78. The minimum Gasteiger partial charge on any atom is -0.380 e. The Morgan fingerprint density at radius 3 is 1.93 bits per heavy atom. The smallest absolute Gasteiger partial charge is 0.237 e. The first kappa shape index (κ1) is 14.7. The van der Waals surface area contributed by atoms with Crippen molar-refractivity contribution in [2.24, 2.45) is 0 Å². The highest BCUT2D eigenvalue weighted by atomic mass is 35.5. The topological polar surface area (TPSA) is 38.8 Å². The molecule has 0 unspecified atom stereocenters. The van der Waals surface area contributed by atoms with Gasteiger partial charge in [0.25, 0.3) is 0 Å². The Balaban J connectivity index is 3.79. The minimum absolute atomic E-state index is 0.0122. The number of carbonyl (C=O) groups excluding carboxylic acids is 1. The van der Waals surface area contributed by atoms with E-state index in [1.165, 1.54) is 0 Å². The summed E-state index contributed by atoms with van der Waals surface area (Å²) in [6.07, 6.45) is 0. The maximum absolute atomic E-state index is 11.4. The second-order valence-corrected chi connectivity index (χ2v) is 3.18.